The van der Waals surface area contributed by atoms with Crippen molar-refractivity contribution in [1.82, 2.24) is 19.5 Å². The summed E-state index contributed by atoms with van der Waals surface area (Å²) in [5.41, 5.74) is 6.48. The summed E-state index contributed by atoms with van der Waals surface area (Å²) in [6.45, 7) is 1.03. The Bertz CT molecular complexity index is 718. The van der Waals surface area contributed by atoms with Crippen LogP contribution in [0.3, 0.4) is 0 Å². The lowest BCUT2D eigenvalue weighted by molar-refractivity contribution is -0.159. The molecule has 1 unspecified atom stereocenters. The number of imidazole rings is 1. The van der Waals surface area contributed by atoms with Gasteiger partial charge in [-0.1, -0.05) is 0 Å². The SMILES string of the molecule is COC[C@]12CCO[C@@H](C1OC)[C@H](n1cnc3c(N)ncnc31)O2. The van der Waals surface area contributed by atoms with Crippen LogP contribution < -0.4 is 5.73 Å². The molecule has 2 saturated heterocycles. The zero-order chi connectivity index (χ0) is 16.0. The van der Waals surface area contributed by atoms with Crippen LogP contribution in [0.15, 0.2) is 12.7 Å². The Morgan fingerprint density at radius 2 is 2.26 bits per heavy atom. The Morgan fingerprint density at radius 3 is 3.04 bits per heavy atom. The lowest BCUT2D eigenvalue weighted by atomic mass is 9.90. The number of nitrogen functional groups attached to an aromatic ring is 1. The second kappa shape index (κ2) is 5.38. The molecule has 2 aromatic heterocycles. The van der Waals surface area contributed by atoms with Crippen molar-refractivity contribution in [3.8, 4) is 0 Å². The van der Waals surface area contributed by atoms with Gasteiger partial charge in [0.05, 0.1) is 19.5 Å². The summed E-state index contributed by atoms with van der Waals surface area (Å²) in [5.74, 6) is 0.338. The summed E-state index contributed by atoms with van der Waals surface area (Å²) >= 11 is 0. The number of nitrogens with two attached hydrogens (primary N) is 1. The molecule has 2 fully saturated rings. The number of hydrogen-bond acceptors (Lipinski definition) is 8. The van der Waals surface area contributed by atoms with Crippen LogP contribution in [0.25, 0.3) is 11.2 Å². The molecule has 0 aliphatic carbocycles. The van der Waals surface area contributed by atoms with Gasteiger partial charge in [-0.25, -0.2) is 15.0 Å². The number of fused-ring (bicyclic) bond motifs is 3. The average Bonchev–Trinajstić information content (AvgIpc) is 3.04. The van der Waals surface area contributed by atoms with Crippen molar-refractivity contribution < 1.29 is 18.9 Å². The van der Waals surface area contributed by atoms with Gasteiger partial charge in [-0.15, -0.1) is 0 Å². The molecular weight excluding hydrogens is 302 g/mol. The third kappa shape index (κ3) is 2.04. The van der Waals surface area contributed by atoms with Crippen LogP contribution in [-0.4, -0.2) is 64.8 Å². The number of ether oxygens (including phenoxy) is 4. The summed E-state index contributed by atoms with van der Waals surface area (Å²) in [7, 11) is 3.32. The van der Waals surface area contributed by atoms with Gasteiger partial charge in [-0.05, 0) is 0 Å². The number of anilines is 1. The Morgan fingerprint density at radius 1 is 1.39 bits per heavy atom. The van der Waals surface area contributed by atoms with Crippen molar-refractivity contribution in [3.63, 3.8) is 0 Å². The Kier molecular flexibility index (Phi) is 3.45. The van der Waals surface area contributed by atoms with Crippen LogP contribution in [0.4, 0.5) is 5.82 Å². The molecule has 0 aromatic carbocycles. The van der Waals surface area contributed by atoms with Crippen molar-refractivity contribution in [3.05, 3.63) is 12.7 Å². The van der Waals surface area contributed by atoms with Gasteiger partial charge < -0.3 is 24.7 Å². The summed E-state index contributed by atoms with van der Waals surface area (Å²) in [4.78, 5) is 12.5. The smallest absolute Gasteiger partial charge is 0.167 e. The third-order valence-corrected chi connectivity index (χ3v) is 4.59. The van der Waals surface area contributed by atoms with E-state index in [1.54, 1.807) is 20.5 Å². The number of rotatable bonds is 4. The molecule has 4 rings (SSSR count). The second-order valence-electron chi connectivity index (χ2n) is 5.83. The summed E-state index contributed by atoms with van der Waals surface area (Å²) < 4.78 is 25.2. The lowest BCUT2D eigenvalue weighted by Gasteiger charge is -2.37. The minimum absolute atomic E-state index is 0.224. The average molecular weight is 321 g/mol. The third-order valence-electron chi connectivity index (χ3n) is 4.59. The predicted octanol–water partition coefficient (Wildman–Crippen LogP) is 0.126. The zero-order valence-corrected chi connectivity index (χ0v) is 13.0. The summed E-state index contributed by atoms with van der Waals surface area (Å²) in [5, 5.41) is 0. The van der Waals surface area contributed by atoms with Crippen LogP contribution in [0.5, 0.6) is 0 Å². The molecule has 2 aliphatic heterocycles. The van der Waals surface area contributed by atoms with E-state index in [4.69, 9.17) is 24.7 Å². The van der Waals surface area contributed by atoms with Crippen LogP contribution in [0.2, 0.25) is 0 Å². The first kappa shape index (κ1) is 14.8. The van der Waals surface area contributed by atoms with Crippen LogP contribution >= 0.6 is 0 Å². The minimum Gasteiger partial charge on any atom is -0.382 e. The highest BCUT2D eigenvalue weighted by Gasteiger charge is 2.59. The quantitative estimate of drug-likeness (QED) is 0.846. The Labute approximate surface area is 132 Å². The monoisotopic (exact) mass is 321 g/mol. The number of nitrogens with zero attached hydrogens (tertiary/aromatic N) is 4. The highest BCUT2D eigenvalue weighted by atomic mass is 16.6. The Balaban J connectivity index is 1.78. The topological polar surface area (TPSA) is 107 Å². The van der Waals surface area contributed by atoms with E-state index in [2.05, 4.69) is 15.0 Å². The fraction of sp³-hybridized carbons (Fsp3) is 0.643. The van der Waals surface area contributed by atoms with Gasteiger partial charge in [-0.3, -0.25) is 4.57 Å². The molecule has 124 valence electrons. The normalized spacial score (nSPS) is 33.4. The second-order valence-corrected chi connectivity index (χ2v) is 5.83. The number of methoxy groups -OCH3 is 2. The maximum atomic E-state index is 6.36. The summed E-state index contributed by atoms with van der Waals surface area (Å²) in [6, 6.07) is 0. The van der Waals surface area contributed by atoms with E-state index in [1.807, 2.05) is 4.57 Å². The van der Waals surface area contributed by atoms with E-state index >= 15 is 0 Å². The van der Waals surface area contributed by atoms with Gasteiger partial charge in [0.2, 0.25) is 0 Å². The van der Waals surface area contributed by atoms with Gasteiger partial charge >= 0.3 is 0 Å². The lowest BCUT2D eigenvalue weighted by Crippen LogP contribution is -2.52. The van der Waals surface area contributed by atoms with Gasteiger partial charge in [0.1, 0.15) is 29.7 Å². The molecule has 0 saturated carbocycles. The van der Waals surface area contributed by atoms with E-state index in [1.165, 1.54) is 6.33 Å². The first-order chi connectivity index (χ1) is 11.2. The molecule has 2 aliphatic rings. The molecule has 2 aromatic rings. The van der Waals surface area contributed by atoms with Gasteiger partial charge in [0.15, 0.2) is 17.7 Å². The molecule has 0 spiro atoms. The zero-order valence-electron chi connectivity index (χ0n) is 13.0. The molecule has 9 heteroatoms. The number of aromatic nitrogens is 4. The molecule has 4 heterocycles. The molecule has 0 radical (unpaired) electrons. The minimum atomic E-state index is -0.535. The molecule has 0 amide bonds. The van der Waals surface area contributed by atoms with Crippen LogP contribution in [0.1, 0.15) is 12.6 Å². The van der Waals surface area contributed by atoms with Crippen molar-refractivity contribution in [2.75, 3.05) is 33.2 Å². The van der Waals surface area contributed by atoms with E-state index in [0.29, 0.717) is 36.6 Å². The number of hydrogen-bond donors (Lipinski definition) is 1. The van der Waals surface area contributed by atoms with Gasteiger partial charge in [0, 0.05) is 20.6 Å². The maximum Gasteiger partial charge on any atom is 0.167 e. The van der Waals surface area contributed by atoms with Crippen LogP contribution in [-0.2, 0) is 18.9 Å². The molecule has 9 nitrogen and oxygen atoms in total. The fourth-order valence-electron chi connectivity index (χ4n) is 3.62. The first-order valence-corrected chi connectivity index (χ1v) is 7.44. The first-order valence-electron chi connectivity index (χ1n) is 7.44. The highest BCUT2D eigenvalue weighted by Crippen LogP contribution is 2.46. The van der Waals surface area contributed by atoms with E-state index in [-0.39, 0.29) is 12.2 Å². The molecule has 2 N–H and O–H groups in total. The van der Waals surface area contributed by atoms with Crippen molar-refractivity contribution in [2.24, 2.45) is 0 Å². The maximum absolute atomic E-state index is 6.36. The van der Waals surface area contributed by atoms with E-state index in [0.717, 1.165) is 0 Å². The van der Waals surface area contributed by atoms with E-state index in [9.17, 15) is 0 Å². The van der Waals surface area contributed by atoms with Crippen LogP contribution in [0, 0.1) is 0 Å². The van der Waals surface area contributed by atoms with E-state index < -0.39 is 11.8 Å². The van der Waals surface area contributed by atoms with Crippen molar-refractivity contribution in [1.29, 1.82) is 0 Å². The molecule has 2 bridgehead atoms. The molecular formula is C14H19N5O4. The van der Waals surface area contributed by atoms with Gasteiger partial charge in [0.25, 0.3) is 0 Å². The fourth-order valence-corrected chi connectivity index (χ4v) is 3.62. The standard InChI is InChI=1S/C14H19N5O4/c1-20-5-14-3-4-22-9(10(14)21-2)13(23-14)19-7-18-8-11(15)16-6-17-12(8)19/h6-7,9-10,13H,3-5H2,1-2H3,(H2,15,16,17)/t9-,10?,13+,14+/m0/s1. The van der Waals surface area contributed by atoms with Gasteiger partial charge in [-0.2, -0.15) is 0 Å². The predicted molar refractivity (Wildman–Crippen MR) is 79.6 cm³/mol. The van der Waals surface area contributed by atoms with Crippen molar-refractivity contribution in [2.45, 2.75) is 30.5 Å². The molecule has 4 atom stereocenters. The highest BCUT2D eigenvalue weighted by molar-refractivity contribution is 5.81. The molecule has 23 heavy (non-hydrogen) atoms. The summed E-state index contributed by atoms with van der Waals surface area (Å²) in [6.07, 6.45) is 2.87. The Hall–Kier alpha value is -1.81. The largest absolute Gasteiger partial charge is 0.382 e. The van der Waals surface area contributed by atoms with Crippen molar-refractivity contribution >= 4 is 17.0 Å².